The highest BCUT2D eigenvalue weighted by atomic mass is 16.6. The molecule has 6 heteroatoms. The number of nitriles is 1. The van der Waals surface area contributed by atoms with Crippen molar-refractivity contribution in [2.75, 3.05) is 18.1 Å². The summed E-state index contributed by atoms with van der Waals surface area (Å²) in [5.41, 5.74) is 3.79. The number of hydrogen-bond acceptors (Lipinski definition) is 4. The van der Waals surface area contributed by atoms with Crippen molar-refractivity contribution in [2.45, 2.75) is 33.8 Å². The Morgan fingerprint density at radius 2 is 1.90 bits per heavy atom. The van der Waals surface area contributed by atoms with Gasteiger partial charge in [0.25, 0.3) is 0 Å². The Kier molecular flexibility index (Phi) is 6.08. The lowest BCUT2D eigenvalue weighted by Gasteiger charge is -2.22. The summed E-state index contributed by atoms with van der Waals surface area (Å²) >= 11 is 0. The summed E-state index contributed by atoms with van der Waals surface area (Å²) in [4.78, 5) is 17.2. The van der Waals surface area contributed by atoms with Crippen LogP contribution in [-0.4, -0.2) is 30.3 Å². The number of carbonyl (C=O) groups excluding carboxylic acids is 1. The highest BCUT2D eigenvalue weighted by Gasteiger charge is 2.18. The molecular weight excluding hydrogens is 366 g/mol. The minimum absolute atomic E-state index is 0.179. The molecule has 1 aromatic heterocycles. The molecule has 0 aliphatic rings. The molecule has 29 heavy (non-hydrogen) atoms. The van der Waals surface area contributed by atoms with Crippen LogP contribution in [0.1, 0.15) is 33.3 Å². The molecule has 6 nitrogen and oxygen atoms in total. The largest absolute Gasteiger partial charge is 0.494 e. The summed E-state index contributed by atoms with van der Waals surface area (Å²) in [5.74, 6) is 0.759. The lowest BCUT2D eigenvalue weighted by Crippen LogP contribution is -2.32. The summed E-state index contributed by atoms with van der Waals surface area (Å²) in [5, 5.41) is 10.6. The topological polar surface area (TPSA) is 78.3 Å². The first kappa shape index (κ1) is 20.3. The van der Waals surface area contributed by atoms with Crippen molar-refractivity contribution in [1.29, 1.82) is 5.26 Å². The predicted molar refractivity (Wildman–Crippen MR) is 114 cm³/mol. The van der Waals surface area contributed by atoms with Crippen LogP contribution in [0.3, 0.4) is 0 Å². The minimum atomic E-state index is -0.373. The highest BCUT2D eigenvalue weighted by Crippen LogP contribution is 2.32. The predicted octanol–water partition coefficient (Wildman–Crippen LogP) is 5.48. The summed E-state index contributed by atoms with van der Waals surface area (Å²) < 4.78 is 10.9. The molecule has 0 radical (unpaired) electrons. The Bertz CT molecular complexity index is 1050. The smallest absolute Gasteiger partial charge is 0.414 e. The molecule has 1 N–H and O–H groups in total. The molecule has 0 unspecified atom stereocenters. The molecule has 0 spiro atoms. The van der Waals surface area contributed by atoms with E-state index in [0.717, 1.165) is 33.6 Å². The summed E-state index contributed by atoms with van der Waals surface area (Å²) in [6, 6.07) is 15.5. The first-order chi connectivity index (χ1) is 14.0. The fraction of sp³-hybridized carbons (Fsp3) is 0.304. The number of amides is 1. The number of carbonyl (C=O) groups is 1. The Labute approximate surface area is 170 Å². The number of aromatic amines is 1. The maximum atomic E-state index is 12.3. The number of hydrogen-bond donors (Lipinski definition) is 1. The third kappa shape index (κ3) is 4.19. The molecule has 0 aliphatic heterocycles. The van der Waals surface area contributed by atoms with E-state index in [2.05, 4.69) is 11.1 Å². The molecule has 150 valence electrons. The van der Waals surface area contributed by atoms with Crippen molar-refractivity contribution in [3.63, 3.8) is 0 Å². The molecule has 0 aliphatic carbocycles. The summed E-state index contributed by atoms with van der Waals surface area (Å²) in [6.45, 7) is 8.57. The van der Waals surface area contributed by atoms with Gasteiger partial charge in [0.15, 0.2) is 0 Å². The van der Waals surface area contributed by atoms with Crippen LogP contribution in [0.2, 0.25) is 0 Å². The number of aromatic nitrogens is 1. The van der Waals surface area contributed by atoms with Crippen molar-refractivity contribution in [1.82, 2.24) is 4.98 Å². The zero-order valence-corrected chi connectivity index (χ0v) is 17.2. The third-order valence-electron chi connectivity index (χ3n) is 4.53. The number of nitrogens with one attached hydrogen (secondary N) is 1. The van der Waals surface area contributed by atoms with E-state index >= 15 is 0 Å². The van der Waals surface area contributed by atoms with Gasteiger partial charge in [0.2, 0.25) is 0 Å². The van der Waals surface area contributed by atoms with Crippen molar-refractivity contribution < 1.29 is 14.3 Å². The van der Waals surface area contributed by atoms with Gasteiger partial charge >= 0.3 is 6.09 Å². The molecular formula is C23H25N3O3. The Morgan fingerprint density at radius 3 is 2.48 bits per heavy atom. The van der Waals surface area contributed by atoms with Gasteiger partial charge in [0.05, 0.1) is 29.5 Å². The number of benzene rings is 2. The molecule has 2 aromatic carbocycles. The molecule has 0 atom stereocenters. The van der Waals surface area contributed by atoms with E-state index in [1.165, 1.54) is 0 Å². The molecule has 0 saturated carbocycles. The molecule has 0 saturated heterocycles. The van der Waals surface area contributed by atoms with Gasteiger partial charge in [-0.15, -0.1) is 0 Å². The first-order valence-corrected chi connectivity index (χ1v) is 9.75. The molecule has 0 fully saturated rings. The monoisotopic (exact) mass is 391 g/mol. The van der Waals surface area contributed by atoms with Gasteiger partial charge in [-0.3, -0.25) is 4.90 Å². The van der Waals surface area contributed by atoms with E-state index in [-0.39, 0.29) is 12.2 Å². The second-order valence-corrected chi connectivity index (χ2v) is 6.85. The summed E-state index contributed by atoms with van der Waals surface area (Å²) in [6.07, 6.45) is -0.552. The van der Waals surface area contributed by atoms with E-state index in [1.54, 1.807) is 4.90 Å². The number of H-pyrrole nitrogens is 1. The molecule has 3 rings (SSSR count). The number of anilines is 1. The van der Waals surface area contributed by atoms with Crippen molar-refractivity contribution in [2.24, 2.45) is 0 Å². The van der Waals surface area contributed by atoms with Gasteiger partial charge in [-0.05, 0) is 57.5 Å². The summed E-state index contributed by atoms with van der Waals surface area (Å²) in [7, 11) is 0. The van der Waals surface area contributed by atoms with Gasteiger partial charge in [0, 0.05) is 23.7 Å². The Morgan fingerprint density at radius 1 is 1.17 bits per heavy atom. The fourth-order valence-electron chi connectivity index (χ4n) is 3.26. The third-order valence-corrected chi connectivity index (χ3v) is 4.53. The zero-order chi connectivity index (χ0) is 21.0. The molecule has 1 heterocycles. The van der Waals surface area contributed by atoms with Gasteiger partial charge in [-0.1, -0.05) is 12.1 Å². The molecule has 1 amide bonds. The average molecular weight is 391 g/mol. The highest BCUT2D eigenvalue weighted by molar-refractivity contribution is 5.94. The van der Waals surface area contributed by atoms with Crippen LogP contribution >= 0.6 is 0 Å². The van der Waals surface area contributed by atoms with E-state index in [1.807, 2.05) is 70.2 Å². The van der Waals surface area contributed by atoms with Gasteiger partial charge in [-0.25, -0.2) is 4.79 Å². The quantitative estimate of drug-likeness (QED) is 0.604. The lowest BCUT2D eigenvalue weighted by atomic mass is 10.1. The number of ether oxygens (including phenoxy) is 2. The number of nitrogens with zero attached hydrogens (tertiary/aromatic N) is 2. The van der Waals surface area contributed by atoms with Crippen LogP contribution in [0.4, 0.5) is 10.5 Å². The van der Waals surface area contributed by atoms with Gasteiger partial charge in [0.1, 0.15) is 11.8 Å². The lowest BCUT2D eigenvalue weighted by molar-refractivity contribution is 0.123. The van der Waals surface area contributed by atoms with E-state index in [9.17, 15) is 10.1 Å². The van der Waals surface area contributed by atoms with Gasteiger partial charge < -0.3 is 14.5 Å². The van der Waals surface area contributed by atoms with Crippen LogP contribution in [0, 0.1) is 11.3 Å². The van der Waals surface area contributed by atoms with E-state index in [4.69, 9.17) is 9.47 Å². The van der Waals surface area contributed by atoms with Crippen LogP contribution in [0.15, 0.2) is 42.5 Å². The fourth-order valence-corrected chi connectivity index (χ4v) is 3.26. The first-order valence-electron chi connectivity index (χ1n) is 9.75. The average Bonchev–Trinajstić information content (AvgIpc) is 3.06. The second-order valence-electron chi connectivity index (χ2n) is 6.85. The van der Waals surface area contributed by atoms with Crippen molar-refractivity contribution >= 4 is 22.7 Å². The van der Waals surface area contributed by atoms with Crippen LogP contribution < -0.4 is 9.64 Å². The normalized spacial score (nSPS) is 10.8. The number of rotatable bonds is 6. The van der Waals surface area contributed by atoms with Crippen molar-refractivity contribution in [3.05, 3.63) is 48.0 Å². The van der Waals surface area contributed by atoms with Crippen LogP contribution in [0.25, 0.3) is 22.2 Å². The zero-order valence-electron chi connectivity index (χ0n) is 17.2. The maximum absolute atomic E-state index is 12.3. The van der Waals surface area contributed by atoms with E-state index in [0.29, 0.717) is 18.7 Å². The Balaban J connectivity index is 1.96. The standard InChI is InChI=1S/C23H25N3O3/c1-5-26(23(27)29-15(3)4)17-9-7-16(8-10-17)22-20(14-24)19-12-11-18(28-6-2)13-21(19)25-22/h7-13,15,25H,5-6H2,1-4H3. The van der Waals surface area contributed by atoms with Crippen LogP contribution in [0.5, 0.6) is 5.75 Å². The molecule has 0 bridgehead atoms. The van der Waals surface area contributed by atoms with Crippen molar-refractivity contribution in [3.8, 4) is 23.1 Å². The minimum Gasteiger partial charge on any atom is -0.494 e. The Hall–Kier alpha value is -3.46. The SMILES string of the molecule is CCOc1ccc2c(C#N)c(-c3ccc(N(CC)C(=O)OC(C)C)cc3)[nH]c2c1. The molecule has 3 aromatic rings. The van der Waals surface area contributed by atoms with Gasteiger partial charge in [-0.2, -0.15) is 5.26 Å². The van der Waals surface area contributed by atoms with E-state index < -0.39 is 0 Å². The number of fused-ring (bicyclic) bond motifs is 1. The second kappa shape index (κ2) is 8.70. The maximum Gasteiger partial charge on any atom is 0.414 e. The van der Waals surface area contributed by atoms with Crippen LogP contribution in [-0.2, 0) is 4.74 Å².